The third-order valence-electron chi connectivity index (χ3n) is 3.24. The molecule has 0 saturated carbocycles. The number of nitrogen functional groups attached to an aromatic ring is 1. The highest BCUT2D eigenvalue weighted by molar-refractivity contribution is 7.09. The molecule has 3 N–H and O–H groups in total. The van der Waals surface area contributed by atoms with Gasteiger partial charge in [-0.25, -0.2) is 4.98 Å². The number of thiazole rings is 1. The van der Waals surface area contributed by atoms with Gasteiger partial charge in [-0.3, -0.25) is 4.79 Å². The van der Waals surface area contributed by atoms with Gasteiger partial charge in [-0.05, 0) is 24.6 Å². The topological polar surface area (TPSA) is 68.0 Å². The largest absolute Gasteiger partial charge is 0.399 e. The number of nitrogens with zero attached hydrogens (tertiary/aromatic N) is 1. The molecule has 1 amide bonds. The van der Waals surface area contributed by atoms with Crippen molar-refractivity contribution in [3.8, 4) is 0 Å². The first kappa shape index (κ1) is 15.5. The summed E-state index contributed by atoms with van der Waals surface area (Å²) in [6.45, 7) is 6.75. The van der Waals surface area contributed by atoms with E-state index in [9.17, 15) is 4.79 Å². The van der Waals surface area contributed by atoms with Crippen molar-refractivity contribution in [2.45, 2.75) is 33.1 Å². The number of benzene rings is 1. The molecule has 112 valence electrons. The Bertz CT molecular complexity index is 634. The minimum Gasteiger partial charge on any atom is -0.399 e. The van der Waals surface area contributed by atoms with Crippen LogP contribution in [-0.2, 0) is 6.42 Å². The summed E-state index contributed by atoms with van der Waals surface area (Å²) in [4.78, 5) is 16.7. The molecule has 0 aliphatic rings. The number of nitrogens with one attached hydrogen (secondary N) is 1. The van der Waals surface area contributed by atoms with Gasteiger partial charge < -0.3 is 11.1 Å². The normalized spacial score (nSPS) is 10.9. The standard InChI is InChI=1S/C16H21N3OS/c1-10(2)16-19-13(9-21-16)6-7-18-15(20)14-8-12(17)5-4-11(14)3/h4-5,8-10H,6-7,17H2,1-3H3,(H,18,20). The second-order valence-electron chi connectivity index (χ2n) is 5.41. The number of hydrogen-bond acceptors (Lipinski definition) is 4. The van der Waals surface area contributed by atoms with Crippen molar-refractivity contribution in [1.82, 2.24) is 10.3 Å². The average Bonchev–Trinajstić information content (AvgIpc) is 2.90. The van der Waals surface area contributed by atoms with Crippen LogP contribution in [0.3, 0.4) is 0 Å². The Morgan fingerprint density at radius 1 is 1.43 bits per heavy atom. The zero-order chi connectivity index (χ0) is 15.4. The highest BCUT2D eigenvalue weighted by Gasteiger charge is 2.10. The zero-order valence-electron chi connectivity index (χ0n) is 12.6. The first-order chi connectivity index (χ1) is 9.97. The summed E-state index contributed by atoms with van der Waals surface area (Å²) < 4.78 is 0. The molecule has 0 aliphatic heterocycles. The van der Waals surface area contributed by atoms with Gasteiger partial charge in [0.05, 0.1) is 10.7 Å². The average molecular weight is 303 g/mol. The van der Waals surface area contributed by atoms with Crippen molar-refractivity contribution in [2.75, 3.05) is 12.3 Å². The van der Waals surface area contributed by atoms with Gasteiger partial charge in [-0.15, -0.1) is 11.3 Å². The van der Waals surface area contributed by atoms with Crippen molar-refractivity contribution in [3.05, 3.63) is 45.4 Å². The summed E-state index contributed by atoms with van der Waals surface area (Å²) >= 11 is 1.68. The fourth-order valence-electron chi connectivity index (χ4n) is 1.99. The van der Waals surface area contributed by atoms with Gasteiger partial charge in [-0.1, -0.05) is 19.9 Å². The van der Waals surface area contributed by atoms with E-state index in [1.807, 2.05) is 13.0 Å². The van der Waals surface area contributed by atoms with Gasteiger partial charge in [0.2, 0.25) is 0 Å². The molecule has 0 radical (unpaired) electrons. The number of hydrogen-bond donors (Lipinski definition) is 2. The van der Waals surface area contributed by atoms with Gasteiger partial charge in [-0.2, -0.15) is 0 Å². The Hall–Kier alpha value is -1.88. The van der Waals surface area contributed by atoms with E-state index < -0.39 is 0 Å². The van der Waals surface area contributed by atoms with Crippen LogP contribution in [0.15, 0.2) is 23.6 Å². The quantitative estimate of drug-likeness (QED) is 0.834. The predicted molar refractivity (Wildman–Crippen MR) is 87.8 cm³/mol. The van der Waals surface area contributed by atoms with E-state index in [2.05, 4.69) is 29.5 Å². The second kappa shape index (κ2) is 6.72. The molecule has 5 heteroatoms. The number of carbonyl (C=O) groups excluding carboxylic acids is 1. The van der Waals surface area contributed by atoms with Crippen LogP contribution >= 0.6 is 11.3 Å². The summed E-state index contributed by atoms with van der Waals surface area (Å²) in [6, 6.07) is 5.37. The van der Waals surface area contributed by atoms with Crippen molar-refractivity contribution >= 4 is 22.9 Å². The van der Waals surface area contributed by atoms with Crippen molar-refractivity contribution < 1.29 is 4.79 Å². The molecule has 0 bridgehead atoms. The summed E-state index contributed by atoms with van der Waals surface area (Å²) in [5, 5.41) is 6.13. The van der Waals surface area contributed by atoms with E-state index in [0.717, 1.165) is 22.7 Å². The molecule has 2 rings (SSSR count). The Kier molecular flexibility index (Phi) is 4.96. The maximum absolute atomic E-state index is 12.1. The summed E-state index contributed by atoms with van der Waals surface area (Å²) in [7, 11) is 0. The molecule has 21 heavy (non-hydrogen) atoms. The predicted octanol–water partition coefficient (Wildman–Crippen LogP) is 3.13. The van der Waals surface area contributed by atoms with Crippen LogP contribution in [0, 0.1) is 6.92 Å². The lowest BCUT2D eigenvalue weighted by Crippen LogP contribution is -2.26. The van der Waals surface area contributed by atoms with Crippen molar-refractivity contribution in [2.24, 2.45) is 0 Å². The third-order valence-corrected chi connectivity index (χ3v) is 4.43. The highest BCUT2D eigenvalue weighted by atomic mass is 32.1. The van der Waals surface area contributed by atoms with Gasteiger partial charge in [0.25, 0.3) is 5.91 Å². The molecule has 0 fully saturated rings. The molecule has 0 aliphatic carbocycles. The number of nitrogens with two attached hydrogens (primary N) is 1. The Morgan fingerprint density at radius 2 is 2.19 bits per heavy atom. The van der Waals surface area contributed by atoms with Crippen LogP contribution in [0.4, 0.5) is 5.69 Å². The maximum Gasteiger partial charge on any atom is 0.251 e. The maximum atomic E-state index is 12.1. The number of carbonyl (C=O) groups is 1. The summed E-state index contributed by atoms with van der Waals surface area (Å²) in [5.41, 5.74) is 8.93. The third kappa shape index (κ3) is 4.04. The summed E-state index contributed by atoms with van der Waals surface area (Å²) in [5.74, 6) is 0.368. The van der Waals surface area contributed by atoms with Crippen LogP contribution in [0.1, 0.15) is 46.4 Å². The zero-order valence-corrected chi connectivity index (χ0v) is 13.5. The molecular weight excluding hydrogens is 282 g/mol. The van der Waals surface area contributed by atoms with Gasteiger partial charge in [0.15, 0.2) is 0 Å². The van der Waals surface area contributed by atoms with Crippen LogP contribution in [-0.4, -0.2) is 17.4 Å². The lowest BCUT2D eigenvalue weighted by Gasteiger charge is -2.08. The van der Waals surface area contributed by atoms with E-state index in [1.54, 1.807) is 23.5 Å². The molecule has 0 saturated heterocycles. The van der Waals surface area contributed by atoms with Gasteiger partial charge >= 0.3 is 0 Å². The molecular formula is C16H21N3OS. The van der Waals surface area contributed by atoms with Crippen LogP contribution in [0.5, 0.6) is 0 Å². The SMILES string of the molecule is Cc1ccc(N)cc1C(=O)NCCc1csc(C(C)C)n1. The molecule has 1 heterocycles. The molecule has 4 nitrogen and oxygen atoms in total. The second-order valence-corrected chi connectivity index (χ2v) is 6.30. The number of anilines is 1. The van der Waals surface area contributed by atoms with Gasteiger partial charge in [0, 0.05) is 35.5 Å². The minimum absolute atomic E-state index is 0.0842. The Labute approximate surface area is 129 Å². The van der Waals surface area contributed by atoms with E-state index in [1.165, 1.54) is 0 Å². The number of aryl methyl sites for hydroxylation is 1. The van der Waals surface area contributed by atoms with E-state index in [-0.39, 0.29) is 5.91 Å². The van der Waals surface area contributed by atoms with E-state index in [0.29, 0.717) is 23.7 Å². The first-order valence-corrected chi connectivity index (χ1v) is 7.94. The fourth-order valence-corrected chi connectivity index (χ4v) is 2.86. The molecule has 0 spiro atoms. The monoisotopic (exact) mass is 303 g/mol. The number of aromatic nitrogens is 1. The molecule has 0 atom stereocenters. The summed E-state index contributed by atoms with van der Waals surface area (Å²) in [6.07, 6.45) is 0.746. The smallest absolute Gasteiger partial charge is 0.251 e. The fraction of sp³-hybridized carbons (Fsp3) is 0.375. The van der Waals surface area contributed by atoms with Crippen molar-refractivity contribution in [1.29, 1.82) is 0 Å². The lowest BCUT2D eigenvalue weighted by molar-refractivity contribution is 0.0953. The van der Waals surface area contributed by atoms with Crippen LogP contribution in [0.2, 0.25) is 0 Å². The number of amides is 1. The van der Waals surface area contributed by atoms with E-state index >= 15 is 0 Å². The van der Waals surface area contributed by atoms with Gasteiger partial charge in [0.1, 0.15) is 0 Å². The van der Waals surface area contributed by atoms with E-state index in [4.69, 9.17) is 5.73 Å². The molecule has 2 aromatic rings. The molecule has 0 unspecified atom stereocenters. The lowest BCUT2D eigenvalue weighted by atomic mass is 10.1. The van der Waals surface area contributed by atoms with Crippen molar-refractivity contribution in [3.63, 3.8) is 0 Å². The van der Waals surface area contributed by atoms with Crippen LogP contribution < -0.4 is 11.1 Å². The highest BCUT2D eigenvalue weighted by Crippen LogP contribution is 2.19. The molecule has 1 aromatic heterocycles. The minimum atomic E-state index is -0.0842. The Morgan fingerprint density at radius 3 is 2.86 bits per heavy atom. The van der Waals surface area contributed by atoms with Crippen LogP contribution in [0.25, 0.3) is 0 Å². The first-order valence-electron chi connectivity index (χ1n) is 7.06. The number of rotatable bonds is 5. The Balaban J connectivity index is 1.90. The molecule has 1 aromatic carbocycles.